The highest BCUT2D eigenvalue weighted by Crippen LogP contribution is 2.29. The van der Waals surface area contributed by atoms with Gasteiger partial charge in [-0.3, -0.25) is 14.5 Å². The van der Waals surface area contributed by atoms with Gasteiger partial charge in [-0.05, 0) is 19.1 Å². The summed E-state index contributed by atoms with van der Waals surface area (Å²) in [5, 5.41) is 2.54. The number of hydrogen-bond acceptors (Lipinski definition) is 7. The Hall–Kier alpha value is -2.13. The van der Waals surface area contributed by atoms with Crippen molar-refractivity contribution in [2.24, 2.45) is 0 Å². The second kappa shape index (κ2) is 7.83. The zero-order valence-corrected chi connectivity index (χ0v) is 15.2. The van der Waals surface area contributed by atoms with Crippen LogP contribution >= 0.6 is 23.1 Å². The molecule has 0 spiro atoms. The van der Waals surface area contributed by atoms with Crippen LogP contribution < -0.4 is 5.32 Å². The molecule has 0 radical (unpaired) electrons. The van der Waals surface area contributed by atoms with Gasteiger partial charge < -0.3 is 10.1 Å². The SMILES string of the molecule is C[C@H](OC(=O)CCSc1nc2ccccc2s1)C(=O)N1CCNC1=O. The highest BCUT2D eigenvalue weighted by Gasteiger charge is 2.31. The molecule has 2 aromatic rings. The molecule has 0 saturated carbocycles. The van der Waals surface area contributed by atoms with Gasteiger partial charge in [0.2, 0.25) is 0 Å². The molecule has 3 rings (SSSR count). The number of ether oxygens (including phenoxy) is 1. The molecule has 25 heavy (non-hydrogen) atoms. The summed E-state index contributed by atoms with van der Waals surface area (Å²) in [5.74, 6) is -0.444. The van der Waals surface area contributed by atoms with E-state index in [2.05, 4.69) is 10.3 Å². The number of benzene rings is 1. The summed E-state index contributed by atoms with van der Waals surface area (Å²) < 4.78 is 7.13. The van der Waals surface area contributed by atoms with Crippen molar-refractivity contribution in [3.63, 3.8) is 0 Å². The first-order chi connectivity index (χ1) is 12.0. The molecular formula is C16H17N3O4S2. The molecule has 7 nitrogen and oxygen atoms in total. The number of urea groups is 1. The number of para-hydroxylation sites is 1. The Kier molecular flexibility index (Phi) is 5.54. The van der Waals surface area contributed by atoms with E-state index in [1.54, 1.807) is 11.3 Å². The Labute approximate surface area is 152 Å². The lowest BCUT2D eigenvalue weighted by atomic mass is 10.3. The number of thioether (sulfide) groups is 1. The second-order valence-corrected chi connectivity index (χ2v) is 7.77. The molecule has 3 amide bonds. The molecule has 1 aromatic carbocycles. The number of hydrogen-bond donors (Lipinski definition) is 1. The summed E-state index contributed by atoms with van der Waals surface area (Å²) in [6, 6.07) is 7.41. The van der Waals surface area contributed by atoms with Gasteiger partial charge in [0, 0.05) is 18.8 Å². The maximum Gasteiger partial charge on any atom is 0.324 e. The third-order valence-corrected chi connectivity index (χ3v) is 5.77. The van der Waals surface area contributed by atoms with Crippen LogP contribution in [0.5, 0.6) is 0 Å². The van der Waals surface area contributed by atoms with Crippen molar-refractivity contribution < 1.29 is 19.1 Å². The number of rotatable bonds is 6. The number of amides is 3. The summed E-state index contributed by atoms with van der Waals surface area (Å²) in [5.41, 5.74) is 0.945. The third-order valence-electron chi connectivity index (χ3n) is 3.58. The van der Waals surface area contributed by atoms with Gasteiger partial charge in [0.05, 0.1) is 16.6 Å². The molecule has 0 unspecified atom stereocenters. The average Bonchev–Trinajstić information content (AvgIpc) is 3.19. The number of fused-ring (bicyclic) bond motifs is 1. The van der Waals surface area contributed by atoms with Crippen molar-refractivity contribution in [3.8, 4) is 0 Å². The van der Waals surface area contributed by atoms with E-state index in [1.165, 1.54) is 18.7 Å². The van der Waals surface area contributed by atoms with Gasteiger partial charge in [-0.25, -0.2) is 9.78 Å². The number of aromatic nitrogens is 1. The van der Waals surface area contributed by atoms with E-state index in [0.29, 0.717) is 18.8 Å². The van der Waals surface area contributed by atoms with E-state index in [-0.39, 0.29) is 6.42 Å². The maximum atomic E-state index is 12.1. The van der Waals surface area contributed by atoms with E-state index in [1.807, 2.05) is 24.3 Å². The number of nitrogens with one attached hydrogen (secondary N) is 1. The van der Waals surface area contributed by atoms with Crippen molar-refractivity contribution in [3.05, 3.63) is 24.3 Å². The van der Waals surface area contributed by atoms with Crippen molar-refractivity contribution in [2.75, 3.05) is 18.8 Å². The first-order valence-electron chi connectivity index (χ1n) is 7.81. The number of carbonyl (C=O) groups is 3. The first-order valence-corrected chi connectivity index (χ1v) is 9.62. The van der Waals surface area contributed by atoms with E-state index < -0.39 is 24.0 Å². The van der Waals surface area contributed by atoms with Crippen LogP contribution in [0, 0.1) is 0 Å². The Morgan fingerprint density at radius 3 is 2.96 bits per heavy atom. The maximum absolute atomic E-state index is 12.1. The predicted molar refractivity (Wildman–Crippen MR) is 95.6 cm³/mol. The molecule has 1 aliphatic heterocycles. The Morgan fingerprint density at radius 2 is 2.24 bits per heavy atom. The summed E-state index contributed by atoms with van der Waals surface area (Å²) in [6.07, 6.45) is -0.798. The standard InChI is InChI=1S/C16H17N3O4S2/c1-10(14(21)19-8-7-17-15(19)22)23-13(20)6-9-24-16-18-11-4-2-3-5-12(11)25-16/h2-5,10H,6-9H2,1H3,(H,17,22)/t10-/m0/s1. The van der Waals surface area contributed by atoms with Gasteiger partial charge in [-0.1, -0.05) is 23.9 Å². The first kappa shape index (κ1) is 17.7. The lowest BCUT2D eigenvalue weighted by Gasteiger charge is -2.18. The van der Waals surface area contributed by atoms with Crippen molar-refractivity contribution in [2.45, 2.75) is 23.8 Å². The fourth-order valence-corrected chi connectivity index (χ4v) is 4.40. The molecule has 1 atom stereocenters. The summed E-state index contributed by atoms with van der Waals surface area (Å²) in [6.45, 7) is 2.20. The molecule has 1 saturated heterocycles. The monoisotopic (exact) mass is 379 g/mol. The zero-order chi connectivity index (χ0) is 17.8. The third kappa shape index (κ3) is 4.29. The lowest BCUT2D eigenvalue weighted by molar-refractivity contribution is -0.157. The summed E-state index contributed by atoms with van der Waals surface area (Å²) >= 11 is 3.06. The van der Waals surface area contributed by atoms with Crippen LogP contribution in [0.1, 0.15) is 13.3 Å². The molecule has 1 N–H and O–H groups in total. The van der Waals surface area contributed by atoms with E-state index in [9.17, 15) is 14.4 Å². The van der Waals surface area contributed by atoms with Crippen LogP contribution in [0.3, 0.4) is 0 Å². The van der Waals surface area contributed by atoms with E-state index in [0.717, 1.165) is 19.5 Å². The summed E-state index contributed by atoms with van der Waals surface area (Å²) in [4.78, 5) is 41.0. The number of nitrogens with zero attached hydrogens (tertiary/aromatic N) is 2. The highest BCUT2D eigenvalue weighted by molar-refractivity contribution is 8.01. The number of esters is 1. The van der Waals surface area contributed by atoms with Crippen LogP contribution in [-0.4, -0.2) is 52.7 Å². The van der Waals surface area contributed by atoms with Crippen LogP contribution in [0.25, 0.3) is 10.2 Å². The fraction of sp³-hybridized carbons (Fsp3) is 0.375. The van der Waals surface area contributed by atoms with Gasteiger partial charge in [0.1, 0.15) is 0 Å². The molecule has 132 valence electrons. The van der Waals surface area contributed by atoms with Crippen LogP contribution in [0.4, 0.5) is 4.79 Å². The number of imide groups is 1. The van der Waals surface area contributed by atoms with Crippen LogP contribution in [0.15, 0.2) is 28.6 Å². The Bertz CT molecular complexity index is 775. The minimum Gasteiger partial charge on any atom is -0.452 e. The van der Waals surface area contributed by atoms with Crippen molar-refractivity contribution in [1.82, 2.24) is 15.2 Å². The van der Waals surface area contributed by atoms with Gasteiger partial charge in [0.25, 0.3) is 5.91 Å². The largest absolute Gasteiger partial charge is 0.452 e. The van der Waals surface area contributed by atoms with E-state index >= 15 is 0 Å². The van der Waals surface area contributed by atoms with E-state index in [4.69, 9.17) is 4.74 Å². The Balaban J connectivity index is 1.44. The van der Waals surface area contributed by atoms with Gasteiger partial charge in [0.15, 0.2) is 10.4 Å². The minimum absolute atomic E-state index is 0.171. The number of thiazole rings is 1. The zero-order valence-electron chi connectivity index (χ0n) is 13.6. The quantitative estimate of drug-likeness (QED) is 0.612. The average molecular weight is 379 g/mol. The predicted octanol–water partition coefficient (Wildman–Crippen LogP) is 2.26. The molecule has 2 heterocycles. The van der Waals surface area contributed by atoms with Gasteiger partial charge >= 0.3 is 12.0 Å². The second-order valence-electron chi connectivity index (χ2n) is 5.40. The van der Waals surface area contributed by atoms with Crippen molar-refractivity contribution in [1.29, 1.82) is 0 Å². The molecule has 1 aromatic heterocycles. The molecule has 0 aliphatic carbocycles. The molecule has 1 aliphatic rings. The molecular weight excluding hydrogens is 362 g/mol. The fourth-order valence-electron chi connectivity index (χ4n) is 2.34. The van der Waals surface area contributed by atoms with Crippen LogP contribution in [0.2, 0.25) is 0 Å². The number of carbonyl (C=O) groups excluding carboxylic acids is 3. The minimum atomic E-state index is -0.969. The normalized spacial score (nSPS) is 15.2. The van der Waals surface area contributed by atoms with Gasteiger partial charge in [-0.2, -0.15) is 0 Å². The molecule has 0 bridgehead atoms. The molecule has 1 fully saturated rings. The topological polar surface area (TPSA) is 88.6 Å². The Morgan fingerprint density at radius 1 is 1.44 bits per heavy atom. The smallest absolute Gasteiger partial charge is 0.324 e. The molecule has 9 heteroatoms. The lowest BCUT2D eigenvalue weighted by Crippen LogP contribution is -2.41. The van der Waals surface area contributed by atoms with Crippen LogP contribution in [-0.2, 0) is 14.3 Å². The van der Waals surface area contributed by atoms with Crippen molar-refractivity contribution >= 4 is 51.2 Å². The summed E-state index contributed by atoms with van der Waals surface area (Å²) in [7, 11) is 0. The van der Waals surface area contributed by atoms with Gasteiger partial charge in [-0.15, -0.1) is 11.3 Å². The highest BCUT2D eigenvalue weighted by atomic mass is 32.2.